The molecule has 1 N–H and O–H groups in total. The van der Waals surface area contributed by atoms with Crippen molar-refractivity contribution >= 4 is 11.1 Å². The molecule has 0 spiro atoms. The van der Waals surface area contributed by atoms with Crippen molar-refractivity contribution in [1.82, 2.24) is 10.3 Å². The molecule has 1 aromatic heterocycles. The number of fused-ring (bicyclic) bond motifs is 1. The lowest BCUT2D eigenvalue weighted by Crippen LogP contribution is -2.28. The molecule has 0 amide bonds. The van der Waals surface area contributed by atoms with Crippen LogP contribution in [0.25, 0.3) is 11.1 Å². The monoisotopic (exact) mass is 230 g/mol. The molecule has 1 saturated heterocycles. The largest absolute Gasteiger partial charge is 0.441 e. The van der Waals surface area contributed by atoms with Crippen molar-refractivity contribution in [2.75, 3.05) is 13.1 Å². The summed E-state index contributed by atoms with van der Waals surface area (Å²) in [5, 5.41) is 3.39. The van der Waals surface area contributed by atoms with Crippen LogP contribution in [-0.2, 0) is 6.42 Å². The highest BCUT2D eigenvalue weighted by Crippen LogP contribution is 2.23. The number of hydrogen-bond donors (Lipinski definition) is 1. The van der Waals surface area contributed by atoms with E-state index in [4.69, 9.17) is 4.42 Å². The van der Waals surface area contributed by atoms with Crippen LogP contribution in [0.3, 0.4) is 0 Å². The highest BCUT2D eigenvalue weighted by molar-refractivity contribution is 5.76. The SMILES string of the molecule is Cc1cccc2oc(CC3CCNCC3)nc12. The lowest BCUT2D eigenvalue weighted by molar-refractivity contribution is 0.346. The van der Waals surface area contributed by atoms with Crippen LogP contribution < -0.4 is 5.32 Å². The van der Waals surface area contributed by atoms with Gasteiger partial charge in [-0.25, -0.2) is 4.98 Å². The molecular formula is C14H18N2O. The van der Waals surface area contributed by atoms with Crippen molar-refractivity contribution < 1.29 is 4.42 Å². The highest BCUT2D eigenvalue weighted by Gasteiger charge is 2.17. The fourth-order valence-electron chi connectivity index (χ4n) is 2.55. The molecule has 1 aliphatic rings. The van der Waals surface area contributed by atoms with Gasteiger partial charge in [-0.1, -0.05) is 12.1 Å². The first-order chi connectivity index (χ1) is 8.33. The normalized spacial score (nSPS) is 17.7. The van der Waals surface area contributed by atoms with Crippen LogP contribution in [0.5, 0.6) is 0 Å². The standard InChI is InChI=1S/C14H18N2O/c1-10-3-2-4-12-14(10)16-13(17-12)9-11-5-7-15-8-6-11/h2-4,11,15H,5-9H2,1H3. The van der Waals surface area contributed by atoms with E-state index in [0.29, 0.717) is 0 Å². The Hall–Kier alpha value is -1.35. The van der Waals surface area contributed by atoms with Crippen molar-refractivity contribution in [3.05, 3.63) is 29.7 Å². The maximum absolute atomic E-state index is 5.82. The van der Waals surface area contributed by atoms with Crippen LogP contribution in [-0.4, -0.2) is 18.1 Å². The van der Waals surface area contributed by atoms with Gasteiger partial charge in [0.1, 0.15) is 5.52 Å². The van der Waals surface area contributed by atoms with Crippen molar-refractivity contribution in [2.24, 2.45) is 5.92 Å². The zero-order chi connectivity index (χ0) is 11.7. The van der Waals surface area contributed by atoms with Gasteiger partial charge in [0.2, 0.25) is 0 Å². The summed E-state index contributed by atoms with van der Waals surface area (Å²) in [6, 6.07) is 6.11. The third-order valence-corrected chi connectivity index (χ3v) is 3.59. The fraction of sp³-hybridized carbons (Fsp3) is 0.500. The van der Waals surface area contributed by atoms with Crippen molar-refractivity contribution in [3.8, 4) is 0 Å². The molecule has 2 aromatic rings. The maximum atomic E-state index is 5.82. The summed E-state index contributed by atoms with van der Waals surface area (Å²) in [5.41, 5.74) is 3.15. The molecule has 3 rings (SSSR count). The van der Waals surface area contributed by atoms with Gasteiger partial charge < -0.3 is 9.73 Å². The summed E-state index contributed by atoms with van der Waals surface area (Å²) in [7, 11) is 0. The first-order valence-corrected chi connectivity index (χ1v) is 6.38. The van der Waals surface area contributed by atoms with E-state index < -0.39 is 0 Å². The number of rotatable bonds is 2. The van der Waals surface area contributed by atoms with Gasteiger partial charge in [0, 0.05) is 6.42 Å². The zero-order valence-electron chi connectivity index (χ0n) is 10.2. The number of benzene rings is 1. The third-order valence-electron chi connectivity index (χ3n) is 3.59. The number of oxazole rings is 1. The second kappa shape index (κ2) is 4.49. The van der Waals surface area contributed by atoms with Crippen molar-refractivity contribution in [2.45, 2.75) is 26.2 Å². The molecule has 0 bridgehead atoms. The lowest BCUT2D eigenvalue weighted by atomic mass is 9.95. The summed E-state index contributed by atoms with van der Waals surface area (Å²) < 4.78 is 5.82. The number of aromatic nitrogens is 1. The predicted octanol–water partition coefficient (Wildman–Crippen LogP) is 2.68. The topological polar surface area (TPSA) is 38.1 Å². The summed E-state index contributed by atoms with van der Waals surface area (Å²) in [4.78, 5) is 4.62. The molecule has 0 atom stereocenters. The second-order valence-electron chi connectivity index (χ2n) is 4.93. The fourth-order valence-corrected chi connectivity index (χ4v) is 2.55. The van der Waals surface area contributed by atoms with Crippen molar-refractivity contribution in [3.63, 3.8) is 0 Å². The quantitative estimate of drug-likeness (QED) is 0.862. The summed E-state index contributed by atoms with van der Waals surface area (Å²) >= 11 is 0. The summed E-state index contributed by atoms with van der Waals surface area (Å²) in [6.45, 7) is 4.34. The Kier molecular flexibility index (Phi) is 2.85. The first-order valence-electron chi connectivity index (χ1n) is 6.38. The minimum Gasteiger partial charge on any atom is -0.441 e. The van der Waals surface area contributed by atoms with Crippen LogP contribution in [0.4, 0.5) is 0 Å². The molecule has 0 aliphatic carbocycles. The average molecular weight is 230 g/mol. The Balaban J connectivity index is 1.83. The molecule has 3 nitrogen and oxygen atoms in total. The molecule has 0 radical (unpaired) electrons. The Morgan fingerprint density at radius 1 is 1.35 bits per heavy atom. The van der Waals surface area contributed by atoms with Gasteiger partial charge in [0.25, 0.3) is 0 Å². The van der Waals surface area contributed by atoms with Gasteiger partial charge in [0.15, 0.2) is 11.5 Å². The highest BCUT2D eigenvalue weighted by atomic mass is 16.3. The van der Waals surface area contributed by atoms with Gasteiger partial charge in [-0.2, -0.15) is 0 Å². The van der Waals surface area contributed by atoms with E-state index in [1.807, 2.05) is 12.1 Å². The Morgan fingerprint density at radius 3 is 2.94 bits per heavy atom. The molecule has 1 aromatic carbocycles. The number of aryl methyl sites for hydroxylation is 1. The van der Waals surface area contributed by atoms with E-state index in [1.54, 1.807) is 0 Å². The van der Waals surface area contributed by atoms with E-state index in [9.17, 15) is 0 Å². The maximum Gasteiger partial charge on any atom is 0.195 e. The van der Waals surface area contributed by atoms with Crippen LogP contribution in [0, 0.1) is 12.8 Å². The average Bonchev–Trinajstić information content (AvgIpc) is 2.74. The number of nitrogens with one attached hydrogen (secondary N) is 1. The molecule has 0 saturated carbocycles. The van der Waals surface area contributed by atoms with Gasteiger partial charge in [0.05, 0.1) is 0 Å². The molecular weight excluding hydrogens is 212 g/mol. The van der Waals surface area contributed by atoms with Crippen LogP contribution in [0.15, 0.2) is 22.6 Å². The molecule has 2 heterocycles. The van der Waals surface area contributed by atoms with E-state index in [-0.39, 0.29) is 0 Å². The van der Waals surface area contributed by atoms with Crippen LogP contribution in [0.1, 0.15) is 24.3 Å². The summed E-state index contributed by atoms with van der Waals surface area (Å²) in [6.07, 6.45) is 3.45. The second-order valence-corrected chi connectivity index (χ2v) is 4.93. The number of hydrogen-bond acceptors (Lipinski definition) is 3. The smallest absolute Gasteiger partial charge is 0.195 e. The lowest BCUT2D eigenvalue weighted by Gasteiger charge is -2.20. The number of nitrogens with zero attached hydrogens (tertiary/aromatic N) is 1. The van der Waals surface area contributed by atoms with Crippen LogP contribution >= 0.6 is 0 Å². The van der Waals surface area contributed by atoms with E-state index in [2.05, 4.69) is 23.3 Å². The Bertz CT molecular complexity index is 512. The van der Waals surface area contributed by atoms with E-state index in [1.165, 1.54) is 18.4 Å². The third kappa shape index (κ3) is 2.20. The number of piperidine rings is 1. The minimum atomic E-state index is 0.726. The Morgan fingerprint density at radius 2 is 2.18 bits per heavy atom. The predicted molar refractivity (Wildman–Crippen MR) is 68.0 cm³/mol. The zero-order valence-corrected chi connectivity index (χ0v) is 10.2. The molecule has 90 valence electrons. The first kappa shape index (κ1) is 10.8. The van der Waals surface area contributed by atoms with E-state index in [0.717, 1.165) is 42.4 Å². The van der Waals surface area contributed by atoms with Crippen LogP contribution in [0.2, 0.25) is 0 Å². The minimum absolute atomic E-state index is 0.726. The molecule has 1 aliphatic heterocycles. The van der Waals surface area contributed by atoms with E-state index >= 15 is 0 Å². The summed E-state index contributed by atoms with van der Waals surface area (Å²) in [5.74, 6) is 1.63. The van der Waals surface area contributed by atoms with Crippen molar-refractivity contribution in [1.29, 1.82) is 0 Å². The molecule has 0 unspecified atom stereocenters. The van der Waals surface area contributed by atoms with Gasteiger partial charge in [-0.15, -0.1) is 0 Å². The number of para-hydroxylation sites is 1. The van der Waals surface area contributed by atoms with Gasteiger partial charge in [-0.05, 0) is 50.4 Å². The Labute approximate surface area is 101 Å². The molecule has 3 heteroatoms. The molecule has 17 heavy (non-hydrogen) atoms. The van der Waals surface area contributed by atoms with Gasteiger partial charge in [-0.3, -0.25) is 0 Å². The van der Waals surface area contributed by atoms with Gasteiger partial charge >= 0.3 is 0 Å². The molecule has 1 fully saturated rings.